The summed E-state index contributed by atoms with van der Waals surface area (Å²) >= 11 is 0. The lowest BCUT2D eigenvalue weighted by molar-refractivity contribution is 0.921. The van der Waals surface area contributed by atoms with Crippen LogP contribution < -0.4 is 0 Å². The molecule has 0 amide bonds. The van der Waals surface area contributed by atoms with Crippen LogP contribution in [0.4, 0.5) is 0 Å². The minimum atomic E-state index is 1.14. The van der Waals surface area contributed by atoms with Gasteiger partial charge in [0, 0.05) is 0 Å². The fourth-order valence-corrected chi connectivity index (χ4v) is 3.60. The Labute approximate surface area is 258 Å². The van der Waals surface area contributed by atoms with Crippen LogP contribution in [0.1, 0.15) is 110 Å². The van der Waals surface area contributed by atoms with Gasteiger partial charge in [-0.2, -0.15) is 0 Å². The summed E-state index contributed by atoms with van der Waals surface area (Å²) < 4.78 is 0. The van der Waals surface area contributed by atoms with E-state index in [2.05, 4.69) is 147 Å². The van der Waals surface area contributed by atoms with Crippen molar-refractivity contribution in [2.24, 2.45) is 0 Å². The molecule has 0 heteroatoms. The van der Waals surface area contributed by atoms with E-state index >= 15 is 0 Å². The lowest BCUT2D eigenvalue weighted by Crippen LogP contribution is -1.87. The van der Waals surface area contributed by atoms with Gasteiger partial charge in [0.15, 0.2) is 0 Å². The second-order valence-electron chi connectivity index (χ2n) is 8.73. The molecule has 0 aliphatic carbocycles. The van der Waals surface area contributed by atoms with Crippen molar-refractivity contribution >= 4 is 0 Å². The van der Waals surface area contributed by atoms with Crippen LogP contribution in [-0.2, 0) is 6.42 Å². The van der Waals surface area contributed by atoms with Gasteiger partial charge in [0.2, 0.25) is 0 Å². The zero-order valence-corrected chi connectivity index (χ0v) is 29.6. The van der Waals surface area contributed by atoms with Crippen LogP contribution in [0.3, 0.4) is 0 Å². The summed E-state index contributed by atoms with van der Waals surface area (Å²) in [5, 5.41) is 0. The number of aryl methyl sites for hydroxylation is 5. The Balaban J connectivity index is -0.000000232. The van der Waals surface area contributed by atoms with Gasteiger partial charge in [0.1, 0.15) is 0 Å². The molecule has 0 aromatic heterocycles. The van der Waals surface area contributed by atoms with Gasteiger partial charge >= 0.3 is 0 Å². The van der Waals surface area contributed by atoms with E-state index in [1.54, 1.807) is 0 Å². The molecule has 0 unspecified atom stereocenters. The first-order chi connectivity index (χ1) is 19.8. The van der Waals surface area contributed by atoms with Crippen molar-refractivity contribution in [1.29, 1.82) is 0 Å². The predicted octanol–water partition coefficient (Wildman–Crippen LogP) is 14.0. The maximum atomic E-state index is 3.00. The molecular formula is C41H66. The van der Waals surface area contributed by atoms with E-state index in [4.69, 9.17) is 0 Å². The molecule has 0 saturated carbocycles. The number of benzene rings is 3. The number of hydrogen-bond donors (Lipinski definition) is 0. The third kappa shape index (κ3) is 23.3. The quantitative estimate of drug-likeness (QED) is 0.216. The van der Waals surface area contributed by atoms with Crippen molar-refractivity contribution in [3.8, 4) is 11.1 Å². The average molecular weight is 559 g/mol. The SMILES string of the molecule is C/C=C\C(C)=C/CC.C=C.CC.CC.CC.CCCc1ccc(C)cc1.Cc1ccc(C)c(-c2ccccc2C)c1. The maximum absolute atomic E-state index is 3.00. The second kappa shape index (κ2) is 33.1. The van der Waals surface area contributed by atoms with Gasteiger partial charge in [-0.1, -0.05) is 163 Å². The van der Waals surface area contributed by atoms with Crippen LogP contribution in [0.25, 0.3) is 11.1 Å². The first-order valence-electron chi connectivity index (χ1n) is 15.8. The van der Waals surface area contributed by atoms with E-state index in [9.17, 15) is 0 Å². The van der Waals surface area contributed by atoms with Crippen LogP contribution in [-0.4, -0.2) is 0 Å². The highest BCUT2D eigenvalue weighted by Crippen LogP contribution is 2.27. The molecule has 0 aliphatic rings. The van der Waals surface area contributed by atoms with Crippen LogP contribution in [0, 0.1) is 27.7 Å². The van der Waals surface area contributed by atoms with Gasteiger partial charge in [0.05, 0.1) is 0 Å². The van der Waals surface area contributed by atoms with Crippen molar-refractivity contribution in [3.05, 3.63) is 132 Å². The molecule has 0 N–H and O–H groups in total. The van der Waals surface area contributed by atoms with E-state index in [1.165, 1.54) is 57.4 Å². The molecule has 0 nitrogen and oxygen atoms in total. The first kappa shape index (κ1) is 44.9. The van der Waals surface area contributed by atoms with Crippen LogP contribution in [0.2, 0.25) is 0 Å². The molecule has 0 bridgehead atoms. The summed E-state index contributed by atoms with van der Waals surface area (Å²) in [5.41, 5.74) is 10.9. The molecule has 3 aromatic carbocycles. The third-order valence-electron chi connectivity index (χ3n) is 5.44. The minimum Gasteiger partial charge on any atom is -0.106 e. The normalized spacial score (nSPS) is 9.27. The molecule has 3 aromatic rings. The van der Waals surface area contributed by atoms with Crippen molar-refractivity contribution in [2.45, 2.75) is 116 Å². The summed E-state index contributed by atoms with van der Waals surface area (Å²) in [6.07, 6.45) is 9.96. The summed E-state index contributed by atoms with van der Waals surface area (Å²) in [5.74, 6) is 0. The summed E-state index contributed by atoms with van der Waals surface area (Å²) in [7, 11) is 0. The highest BCUT2D eigenvalue weighted by atomic mass is 14.1. The third-order valence-corrected chi connectivity index (χ3v) is 5.44. The smallest absolute Gasteiger partial charge is 0.0149 e. The fraction of sp³-hybridized carbons (Fsp3) is 0.415. The van der Waals surface area contributed by atoms with Gasteiger partial charge < -0.3 is 0 Å². The van der Waals surface area contributed by atoms with Gasteiger partial charge in [-0.3, -0.25) is 0 Å². The van der Waals surface area contributed by atoms with Gasteiger partial charge in [0.25, 0.3) is 0 Å². The minimum absolute atomic E-state index is 1.14. The molecule has 0 radical (unpaired) electrons. The van der Waals surface area contributed by atoms with Gasteiger partial charge in [-0.15, -0.1) is 13.2 Å². The molecule has 230 valence electrons. The summed E-state index contributed by atoms with van der Waals surface area (Å²) in [6, 6.07) is 23.9. The molecule has 0 heterocycles. The summed E-state index contributed by atoms with van der Waals surface area (Å²) in [6.45, 7) is 35.1. The lowest BCUT2D eigenvalue weighted by Gasteiger charge is -2.09. The molecule has 0 fully saturated rings. The highest BCUT2D eigenvalue weighted by molar-refractivity contribution is 5.70. The van der Waals surface area contributed by atoms with Crippen LogP contribution in [0.15, 0.2) is 104 Å². The van der Waals surface area contributed by atoms with E-state index in [-0.39, 0.29) is 0 Å². The zero-order valence-electron chi connectivity index (χ0n) is 29.6. The molecular weight excluding hydrogens is 492 g/mol. The zero-order chi connectivity index (χ0) is 32.6. The Kier molecular flexibility index (Phi) is 36.2. The van der Waals surface area contributed by atoms with Crippen molar-refractivity contribution < 1.29 is 0 Å². The van der Waals surface area contributed by atoms with Crippen molar-refractivity contribution in [2.75, 3.05) is 0 Å². The second-order valence-corrected chi connectivity index (χ2v) is 8.73. The van der Waals surface area contributed by atoms with Gasteiger partial charge in [-0.05, 0) is 82.2 Å². The van der Waals surface area contributed by atoms with Crippen molar-refractivity contribution in [1.82, 2.24) is 0 Å². The maximum Gasteiger partial charge on any atom is -0.0149 e. The molecule has 0 saturated heterocycles. The van der Waals surface area contributed by atoms with E-state index in [1.807, 2.05) is 48.5 Å². The summed E-state index contributed by atoms with van der Waals surface area (Å²) in [4.78, 5) is 0. The number of allylic oxidation sites excluding steroid dienone is 4. The van der Waals surface area contributed by atoms with E-state index < -0.39 is 0 Å². The van der Waals surface area contributed by atoms with Crippen LogP contribution in [0.5, 0.6) is 0 Å². The molecule has 0 atom stereocenters. The average Bonchev–Trinajstić information content (AvgIpc) is 3.01. The first-order valence-corrected chi connectivity index (χ1v) is 15.8. The Bertz CT molecular complexity index is 1020. The largest absolute Gasteiger partial charge is 0.106 e. The topological polar surface area (TPSA) is 0 Å². The van der Waals surface area contributed by atoms with Gasteiger partial charge in [-0.25, -0.2) is 0 Å². The van der Waals surface area contributed by atoms with Crippen molar-refractivity contribution in [3.63, 3.8) is 0 Å². The fourth-order valence-electron chi connectivity index (χ4n) is 3.60. The van der Waals surface area contributed by atoms with Crippen LogP contribution >= 0.6 is 0 Å². The Morgan fingerprint density at radius 1 is 0.659 bits per heavy atom. The molecule has 0 spiro atoms. The standard InChI is InChI=1S/C15H16.C10H14.C8H14.3C2H6.C2H4/c1-11-8-9-13(3)15(10-11)14-7-5-4-6-12(14)2;1-3-4-10-7-5-9(2)6-8-10;1-4-6-8(3)7-5-2;4*1-2/h4-10H,1-3H3;5-8H,3-4H2,1-2H3;4,6-7H,5H2,1-3H3;3*1-2H3;1-2H2/b;;6-4-,8-7-;;;;. The molecule has 0 aliphatic heterocycles. The molecule has 3 rings (SSSR count). The lowest BCUT2D eigenvalue weighted by atomic mass is 9.95. The number of hydrogen-bond acceptors (Lipinski definition) is 0. The van der Waals surface area contributed by atoms with E-state index in [0.29, 0.717) is 0 Å². The van der Waals surface area contributed by atoms with E-state index in [0.717, 1.165) is 6.42 Å². The highest BCUT2D eigenvalue weighted by Gasteiger charge is 2.04. The Hall–Kier alpha value is -3.12. The Morgan fingerprint density at radius 2 is 1.15 bits per heavy atom. The Morgan fingerprint density at radius 3 is 1.61 bits per heavy atom. The monoisotopic (exact) mass is 559 g/mol. The predicted molar refractivity (Wildman–Crippen MR) is 195 cm³/mol. The molecule has 41 heavy (non-hydrogen) atoms. The number of rotatable bonds is 5.